The Labute approximate surface area is 408 Å². The molecule has 11 rings (SSSR count). The predicted octanol–water partition coefficient (Wildman–Crippen LogP) is 13.3. The van der Waals surface area contributed by atoms with Gasteiger partial charge in [-0.3, -0.25) is 19.2 Å². The van der Waals surface area contributed by atoms with Crippen LogP contribution in [0.25, 0.3) is 21.5 Å². The van der Waals surface area contributed by atoms with Crippen LogP contribution in [0.15, 0.2) is 121 Å². The van der Waals surface area contributed by atoms with Gasteiger partial charge in [-0.25, -0.2) is 9.80 Å². The first-order valence-corrected chi connectivity index (χ1v) is 24.7. The fourth-order valence-corrected chi connectivity index (χ4v) is 11.1. The highest BCUT2D eigenvalue weighted by Gasteiger charge is 2.39. The molecule has 2 aliphatic heterocycles. The Morgan fingerprint density at radius 1 is 0.443 bits per heavy atom. The van der Waals surface area contributed by atoms with E-state index >= 15 is 0 Å². The Kier molecular flexibility index (Phi) is 11.6. The molecule has 8 heteroatoms. The van der Waals surface area contributed by atoms with Gasteiger partial charge in [0.25, 0.3) is 23.6 Å². The lowest BCUT2D eigenvalue weighted by atomic mass is 9.89. The minimum Gasteiger partial charge on any atom is -0.491 e. The van der Waals surface area contributed by atoms with E-state index < -0.39 is 0 Å². The van der Waals surface area contributed by atoms with E-state index in [-0.39, 0.29) is 47.7 Å². The first-order valence-electron chi connectivity index (χ1n) is 24.7. The third-order valence-corrected chi connectivity index (χ3v) is 14.2. The molecule has 2 saturated carbocycles. The Morgan fingerprint density at radius 2 is 0.814 bits per heavy atom. The monoisotopic (exact) mass is 920 g/mol. The topological polar surface area (TPSA) is 93.2 Å². The maximum absolute atomic E-state index is 14.4. The molecule has 0 spiro atoms. The number of rotatable bonds is 8. The van der Waals surface area contributed by atoms with Crippen LogP contribution in [0.5, 0.6) is 11.5 Å². The molecular weight excluding hydrogens is 869 g/mol. The first kappa shape index (κ1) is 44.6. The average molecular weight is 921 g/mol. The number of imide groups is 2. The van der Waals surface area contributed by atoms with Crippen molar-refractivity contribution in [1.82, 2.24) is 0 Å². The van der Waals surface area contributed by atoms with Crippen LogP contribution >= 0.6 is 0 Å². The minimum absolute atomic E-state index is 0.0608. The lowest BCUT2D eigenvalue weighted by molar-refractivity contribution is 0.0877. The van der Waals surface area contributed by atoms with E-state index in [4.69, 9.17) is 9.47 Å². The van der Waals surface area contributed by atoms with Crippen molar-refractivity contribution in [2.45, 2.75) is 103 Å². The number of ether oxygens (including phenoxy) is 2. The Bertz CT molecular complexity index is 3180. The molecule has 0 unspecified atom stereocenters. The normalized spacial score (nSPS) is 15.8. The number of benzene rings is 7. The van der Waals surface area contributed by atoms with Crippen molar-refractivity contribution < 1.29 is 28.7 Å². The van der Waals surface area contributed by atoms with Gasteiger partial charge >= 0.3 is 0 Å². The van der Waals surface area contributed by atoms with E-state index in [0.717, 1.165) is 84.4 Å². The largest absolute Gasteiger partial charge is 0.491 e. The zero-order chi connectivity index (χ0) is 48.2. The Balaban J connectivity index is 0.857. The summed E-state index contributed by atoms with van der Waals surface area (Å²) in [5, 5.41) is 2.72. The van der Waals surface area contributed by atoms with Gasteiger partial charge in [0.1, 0.15) is 11.5 Å². The van der Waals surface area contributed by atoms with Gasteiger partial charge in [0, 0.05) is 67.4 Å². The summed E-state index contributed by atoms with van der Waals surface area (Å²) in [5.74, 6) is 13.6. The quantitative estimate of drug-likeness (QED) is 0.111. The van der Waals surface area contributed by atoms with Gasteiger partial charge in [-0.15, -0.1) is 0 Å². The van der Waals surface area contributed by atoms with Crippen LogP contribution in [-0.4, -0.2) is 35.8 Å². The lowest BCUT2D eigenvalue weighted by Crippen LogP contribution is -2.41. The highest BCUT2D eigenvalue weighted by Crippen LogP contribution is 2.45. The molecule has 4 aliphatic rings. The summed E-state index contributed by atoms with van der Waals surface area (Å²) in [5.41, 5.74) is 8.05. The van der Waals surface area contributed by atoms with Gasteiger partial charge in [-0.2, -0.15) is 0 Å². The van der Waals surface area contributed by atoms with Crippen molar-refractivity contribution in [3.8, 4) is 35.2 Å². The zero-order valence-corrected chi connectivity index (χ0v) is 39.9. The fourth-order valence-electron chi connectivity index (χ4n) is 11.1. The van der Waals surface area contributed by atoms with Gasteiger partial charge in [-0.1, -0.05) is 85.8 Å². The Hall–Kier alpha value is -7.94. The van der Waals surface area contributed by atoms with Gasteiger partial charge < -0.3 is 9.47 Å². The minimum atomic E-state index is -0.352. The van der Waals surface area contributed by atoms with Gasteiger partial charge in [-0.05, 0) is 160 Å². The second-order valence-electron chi connectivity index (χ2n) is 19.5. The molecule has 70 heavy (non-hydrogen) atoms. The molecule has 346 valence electrons. The van der Waals surface area contributed by atoms with Crippen molar-refractivity contribution in [2.24, 2.45) is 0 Å². The summed E-state index contributed by atoms with van der Waals surface area (Å²) in [6.45, 7) is 7.84. The van der Waals surface area contributed by atoms with Crippen LogP contribution in [0.3, 0.4) is 0 Å². The molecule has 2 aliphatic carbocycles. The number of anilines is 2. The molecule has 4 amide bonds. The average Bonchev–Trinajstić information content (AvgIpc) is 4.11. The summed E-state index contributed by atoms with van der Waals surface area (Å²) in [6.07, 6.45) is 8.44. The number of amides is 4. The van der Waals surface area contributed by atoms with E-state index in [2.05, 4.69) is 23.7 Å². The summed E-state index contributed by atoms with van der Waals surface area (Å²) in [6, 6.07) is 37.8. The van der Waals surface area contributed by atoms with Crippen molar-refractivity contribution in [2.75, 3.05) is 9.80 Å². The molecule has 0 bridgehead atoms. The molecule has 0 aromatic heterocycles. The number of nitrogens with zero attached hydrogens (tertiary/aromatic N) is 2. The number of carbonyl (C=O) groups is 4. The summed E-state index contributed by atoms with van der Waals surface area (Å²) in [7, 11) is 0. The van der Waals surface area contributed by atoms with Gasteiger partial charge in [0.05, 0.1) is 23.6 Å². The molecule has 0 saturated heterocycles. The van der Waals surface area contributed by atoms with E-state index in [0.29, 0.717) is 67.0 Å². The molecular formula is C62H52N2O6. The van der Waals surface area contributed by atoms with Crippen LogP contribution in [0, 0.1) is 23.7 Å². The summed E-state index contributed by atoms with van der Waals surface area (Å²) < 4.78 is 12.1. The maximum atomic E-state index is 14.4. The molecule has 0 atom stereocenters. The van der Waals surface area contributed by atoms with Crippen molar-refractivity contribution in [1.29, 1.82) is 0 Å². The highest BCUT2D eigenvalue weighted by atomic mass is 16.5. The van der Waals surface area contributed by atoms with E-state index in [1.54, 1.807) is 24.3 Å². The standard InChI is InChI=1S/C62H52N2O6/c1-37(2)69-45-29-33-47(41-11-5-6-12-41)55(35-45)63-59(65)51-17-9-15-49-43(27-31-53(57(49)51)61(63)67)25-23-39-19-21-40(22-20-39)24-26-44-28-32-54-58-50(44)16-10-18-52(58)60(66)64(62(54)68)56-36-46(70-38(3)4)30-34-48(56)42-13-7-8-14-42/h9-10,15-22,27-38,41-42H,5-8,11-14H2,1-4H3. The lowest BCUT2D eigenvalue weighted by Gasteiger charge is -2.30. The van der Waals surface area contributed by atoms with E-state index in [9.17, 15) is 19.2 Å². The smallest absolute Gasteiger partial charge is 0.265 e. The molecule has 0 radical (unpaired) electrons. The van der Waals surface area contributed by atoms with Crippen LogP contribution < -0.4 is 19.3 Å². The SMILES string of the molecule is CC(C)Oc1ccc(C2CCCC2)c(N2C(=O)c3cccc4c(C#Cc5ccc(C#Cc6ccc7c8c(cccc68)C(=O)N(c6cc(OC(C)C)ccc6C6CCCC6)C7=O)cc5)ccc(c34)C2=O)c1. The Morgan fingerprint density at radius 3 is 1.19 bits per heavy atom. The van der Waals surface area contributed by atoms with E-state index in [1.807, 2.05) is 125 Å². The van der Waals surface area contributed by atoms with Gasteiger partial charge in [0.15, 0.2) is 0 Å². The maximum Gasteiger partial charge on any atom is 0.265 e. The third kappa shape index (κ3) is 7.98. The number of carbonyl (C=O) groups excluding carboxylic acids is 4. The highest BCUT2D eigenvalue weighted by molar-refractivity contribution is 6.37. The molecule has 0 N–H and O–H groups in total. The van der Waals surface area contributed by atoms with E-state index in [1.165, 1.54) is 9.80 Å². The predicted molar refractivity (Wildman–Crippen MR) is 275 cm³/mol. The second-order valence-corrected chi connectivity index (χ2v) is 19.5. The molecule has 2 fully saturated rings. The summed E-state index contributed by atoms with van der Waals surface area (Å²) in [4.78, 5) is 60.5. The third-order valence-electron chi connectivity index (χ3n) is 14.2. The van der Waals surface area contributed by atoms with Crippen LogP contribution in [0.1, 0.15) is 166 Å². The van der Waals surface area contributed by atoms with Crippen LogP contribution in [-0.2, 0) is 0 Å². The molecule has 7 aromatic carbocycles. The van der Waals surface area contributed by atoms with Crippen LogP contribution in [0.2, 0.25) is 0 Å². The molecule has 7 aromatic rings. The van der Waals surface area contributed by atoms with Crippen molar-refractivity contribution in [3.05, 3.63) is 177 Å². The number of hydrogen-bond acceptors (Lipinski definition) is 6. The first-order chi connectivity index (χ1) is 34.0. The zero-order valence-electron chi connectivity index (χ0n) is 39.9. The molecule has 8 nitrogen and oxygen atoms in total. The summed E-state index contributed by atoms with van der Waals surface area (Å²) >= 11 is 0. The van der Waals surface area contributed by atoms with Gasteiger partial charge in [0.2, 0.25) is 0 Å². The fraction of sp³-hybridized carbons (Fsp3) is 0.258. The van der Waals surface area contributed by atoms with Crippen molar-refractivity contribution in [3.63, 3.8) is 0 Å². The number of hydrogen-bond donors (Lipinski definition) is 0. The second kappa shape index (κ2) is 18.2. The van der Waals surface area contributed by atoms with Crippen molar-refractivity contribution >= 4 is 56.5 Å². The van der Waals surface area contributed by atoms with Crippen LogP contribution in [0.4, 0.5) is 11.4 Å². The molecule has 2 heterocycles.